The first-order valence-electron chi connectivity index (χ1n) is 9.50. The molecule has 0 radical (unpaired) electrons. The number of carbonyl (C=O) groups excluding carboxylic acids is 3. The molecule has 2 aromatic rings. The maximum atomic E-state index is 12.8. The van der Waals surface area contributed by atoms with Crippen molar-refractivity contribution in [3.8, 4) is 0 Å². The van der Waals surface area contributed by atoms with Crippen LogP contribution in [0.4, 0.5) is 4.79 Å². The van der Waals surface area contributed by atoms with Crippen molar-refractivity contribution in [1.82, 2.24) is 25.7 Å². The van der Waals surface area contributed by atoms with E-state index in [1.54, 1.807) is 0 Å². The number of benzene rings is 1. The van der Waals surface area contributed by atoms with Crippen molar-refractivity contribution in [1.29, 1.82) is 0 Å². The number of amides is 3. The van der Waals surface area contributed by atoms with Crippen LogP contribution in [0.2, 0.25) is 0 Å². The van der Waals surface area contributed by atoms with Crippen molar-refractivity contribution in [3.63, 3.8) is 0 Å². The second-order valence-electron chi connectivity index (χ2n) is 7.05. The highest BCUT2D eigenvalue weighted by atomic mass is 35.5. The van der Waals surface area contributed by atoms with Crippen molar-refractivity contribution in [2.45, 2.75) is 39.5 Å². The zero-order valence-electron chi connectivity index (χ0n) is 16.9. The Labute approximate surface area is 180 Å². The summed E-state index contributed by atoms with van der Waals surface area (Å²) >= 11 is 5.66. The number of halogens is 1. The number of hydrogen-bond acceptors (Lipinski definition) is 5. The molecule has 1 atom stereocenters. The fourth-order valence-corrected chi connectivity index (χ4v) is 2.77. The molecule has 0 unspecified atom stereocenters. The number of alkyl halides is 1. The Kier molecular flexibility index (Phi) is 9.14. The second-order valence-corrected chi connectivity index (χ2v) is 7.32. The molecular formula is C20H26ClN5O4. The average Bonchev–Trinajstić information content (AvgIpc) is 3.24. The van der Waals surface area contributed by atoms with Crippen LogP contribution in [-0.4, -0.2) is 44.8 Å². The van der Waals surface area contributed by atoms with E-state index in [0.717, 1.165) is 10.6 Å². The number of hydrogen-bond donors (Lipinski definition) is 3. The number of carbonyl (C=O) groups is 3. The minimum absolute atomic E-state index is 0.0597. The zero-order valence-corrected chi connectivity index (χ0v) is 17.7. The van der Waals surface area contributed by atoms with Gasteiger partial charge in [-0.05, 0) is 17.9 Å². The number of rotatable bonds is 9. The fourth-order valence-electron chi connectivity index (χ4n) is 2.62. The van der Waals surface area contributed by atoms with Gasteiger partial charge in [0, 0.05) is 6.20 Å². The molecule has 1 aromatic carbocycles. The van der Waals surface area contributed by atoms with Crippen LogP contribution in [0, 0.1) is 5.92 Å². The van der Waals surface area contributed by atoms with Crippen LogP contribution < -0.4 is 10.7 Å². The lowest BCUT2D eigenvalue weighted by Gasteiger charge is -2.26. The molecule has 0 saturated carbocycles. The topological polar surface area (TPSA) is 116 Å². The van der Waals surface area contributed by atoms with E-state index < -0.39 is 23.9 Å². The molecule has 0 bridgehead atoms. The van der Waals surface area contributed by atoms with Crippen molar-refractivity contribution in [2.75, 3.05) is 5.88 Å². The lowest BCUT2D eigenvalue weighted by Crippen LogP contribution is -2.54. The van der Waals surface area contributed by atoms with Gasteiger partial charge in [0.2, 0.25) is 0 Å². The Morgan fingerprint density at radius 1 is 1.23 bits per heavy atom. The minimum atomic E-state index is -0.888. The summed E-state index contributed by atoms with van der Waals surface area (Å²) in [4.78, 5) is 43.9. The van der Waals surface area contributed by atoms with Crippen molar-refractivity contribution < 1.29 is 19.1 Å². The standard InChI is InChI=1S/C20H26ClN5O4/c1-14(2)8-17(24-20(29)30-12-15-6-4-3-5-7-15)19(28)25-26(18(27)9-21)11-16-10-22-13-23-16/h3-7,10,13-14,17H,8-9,11-12H2,1-2H3,(H,22,23)(H,24,29)(H,25,28)/t17-/m0/s1. The Morgan fingerprint density at radius 2 is 1.97 bits per heavy atom. The summed E-state index contributed by atoms with van der Waals surface area (Å²) in [6.07, 6.45) is 2.64. The normalized spacial score (nSPS) is 11.6. The largest absolute Gasteiger partial charge is 0.445 e. The SMILES string of the molecule is CC(C)C[C@H](NC(=O)OCc1ccccc1)C(=O)NN(Cc1cnc[nH]1)C(=O)CCl. The molecule has 9 nitrogen and oxygen atoms in total. The molecule has 2 rings (SSSR count). The van der Waals surface area contributed by atoms with E-state index in [4.69, 9.17) is 16.3 Å². The number of aromatic amines is 1. The van der Waals surface area contributed by atoms with Gasteiger partial charge >= 0.3 is 6.09 Å². The maximum absolute atomic E-state index is 12.8. The van der Waals surface area contributed by atoms with E-state index in [0.29, 0.717) is 12.1 Å². The Bertz CT molecular complexity index is 814. The molecule has 0 aliphatic rings. The van der Waals surface area contributed by atoms with Gasteiger partial charge in [0.05, 0.1) is 18.6 Å². The summed E-state index contributed by atoms with van der Waals surface area (Å²) in [6, 6.07) is 8.32. The monoisotopic (exact) mass is 435 g/mol. The molecule has 0 aliphatic carbocycles. The third kappa shape index (κ3) is 7.75. The molecule has 3 N–H and O–H groups in total. The van der Waals surface area contributed by atoms with Crippen LogP contribution in [0.5, 0.6) is 0 Å². The van der Waals surface area contributed by atoms with Crippen LogP contribution in [0.15, 0.2) is 42.9 Å². The highest BCUT2D eigenvalue weighted by Gasteiger charge is 2.26. The molecule has 30 heavy (non-hydrogen) atoms. The van der Waals surface area contributed by atoms with Gasteiger partial charge in [0.1, 0.15) is 18.5 Å². The van der Waals surface area contributed by atoms with Crippen LogP contribution in [0.25, 0.3) is 0 Å². The van der Waals surface area contributed by atoms with E-state index in [-0.39, 0.29) is 24.9 Å². The van der Waals surface area contributed by atoms with E-state index in [1.165, 1.54) is 12.5 Å². The van der Waals surface area contributed by atoms with Crippen molar-refractivity contribution in [2.24, 2.45) is 5.92 Å². The van der Waals surface area contributed by atoms with Crippen LogP contribution >= 0.6 is 11.6 Å². The molecule has 1 heterocycles. The highest BCUT2D eigenvalue weighted by molar-refractivity contribution is 6.27. The number of alkyl carbamates (subject to hydrolysis) is 1. The molecule has 10 heteroatoms. The summed E-state index contributed by atoms with van der Waals surface area (Å²) in [7, 11) is 0. The van der Waals surface area contributed by atoms with E-state index in [1.807, 2.05) is 44.2 Å². The Hall–Kier alpha value is -3.07. The molecule has 0 fully saturated rings. The quantitative estimate of drug-likeness (QED) is 0.413. The van der Waals surface area contributed by atoms with Gasteiger partial charge in [-0.2, -0.15) is 0 Å². The molecule has 1 aromatic heterocycles. The van der Waals surface area contributed by atoms with Crippen LogP contribution in [0.3, 0.4) is 0 Å². The molecular weight excluding hydrogens is 410 g/mol. The molecule has 0 saturated heterocycles. The van der Waals surface area contributed by atoms with Gasteiger partial charge in [-0.15, -0.1) is 11.6 Å². The molecule has 3 amide bonds. The van der Waals surface area contributed by atoms with Gasteiger partial charge in [-0.3, -0.25) is 15.0 Å². The third-order valence-electron chi connectivity index (χ3n) is 4.07. The maximum Gasteiger partial charge on any atom is 0.408 e. The lowest BCUT2D eigenvalue weighted by atomic mass is 10.0. The third-order valence-corrected chi connectivity index (χ3v) is 4.30. The average molecular weight is 436 g/mol. The van der Waals surface area contributed by atoms with Gasteiger partial charge in [-0.1, -0.05) is 44.2 Å². The minimum Gasteiger partial charge on any atom is -0.445 e. The molecule has 0 spiro atoms. The summed E-state index contributed by atoms with van der Waals surface area (Å²) in [5.74, 6) is -1.23. The number of H-pyrrole nitrogens is 1. The van der Waals surface area contributed by atoms with Crippen LogP contribution in [0.1, 0.15) is 31.5 Å². The van der Waals surface area contributed by atoms with Gasteiger partial charge in [0.25, 0.3) is 11.8 Å². The fraction of sp³-hybridized carbons (Fsp3) is 0.400. The van der Waals surface area contributed by atoms with E-state index in [2.05, 4.69) is 20.7 Å². The van der Waals surface area contributed by atoms with Crippen LogP contribution in [-0.2, 0) is 27.5 Å². The number of aromatic nitrogens is 2. The summed E-state index contributed by atoms with van der Waals surface area (Å²) in [6.45, 7) is 3.98. The zero-order chi connectivity index (χ0) is 21.9. The summed E-state index contributed by atoms with van der Waals surface area (Å²) in [5.41, 5.74) is 3.98. The number of nitrogens with one attached hydrogen (secondary N) is 3. The molecule has 162 valence electrons. The Morgan fingerprint density at radius 3 is 2.57 bits per heavy atom. The second kappa shape index (κ2) is 11.8. The van der Waals surface area contributed by atoms with Gasteiger partial charge in [0.15, 0.2) is 0 Å². The smallest absolute Gasteiger partial charge is 0.408 e. The first-order valence-corrected chi connectivity index (χ1v) is 10.0. The number of hydrazine groups is 1. The number of imidazole rings is 1. The van der Waals surface area contributed by atoms with Crippen molar-refractivity contribution >= 4 is 29.5 Å². The summed E-state index contributed by atoms with van der Waals surface area (Å²) in [5, 5.41) is 3.67. The first kappa shape index (κ1) is 23.2. The number of ether oxygens (including phenoxy) is 1. The van der Waals surface area contributed by atoms with Gasteiger partial charge in [-0.25, -0.2) is 14.8 Å². The first-order chi connectivity index (χ1) is 14.4. The van der Waals surface area contributed by atoms with E-state index >= 15 is 0 Å². The van der Waals surface area contributed by atoms with Crippen molar-refractivity contribution in [3.05, 3.63) is 54.1 Å². The molecule has 0 aliphatic heterocycles. The highest BCUT2D eigenvalue weighted by Crippen LogP contribution is 2.08. The summed E-state index contributed by atoms with van der Waals surface area (Å²) < 4.78 is 5.20. The predicted molar refractivity (Wildman–Crippen MR) is 111 cm³/mol. The van der Waals surface area contributed by atoms with E-state index in [9.17, 15) is 14.4 Å². The number of nitrogens with zero attached hydrogens (tertiary/aromatic N) is 2. The Balaban J connectivity index is 1.99. The predicted octanol–water partition coefficient (Wildman–Crippen LogP) is 2.35. The van der Waals surface area contributed by atoms with Gasteiger partial charge < -0.3 is 15.0 Å². The lowest BCUT2D eigenvalue weighted by molar-refractivity contribution is -0.141.